The van der Waals surface area contributed by atoms with Gasteiger partial charge in [0.1, 0.15) is 18.2 Å². The summed E-state index contributed by atoms with van der Waals surface area (Å²) in [5, 5.41) is 6.83. The number of imidazole rings is 1. The quantitative estimate of drug-likeness (QED) is 0.334. The zero-order valence-corrected chi connectivity index (χ0v) is 19.2. The summed E-state index contributed by atoms with van der Waals surface area (Å²) in [6.07, 6.45) is 3.59. The highest BCUT2D eigenvalue weighted by Gasteiger charge is 2.11. The van der Waals surface area contributed by atoms with Gasteiger partial charge in [0.15, 0.2) is 0 Å². The molecule has 0 aliphatic carbocycles. The minimum absolute atomic E-state index is 0.0993. The Hall–Kier alpha value is -3.77. The van der Waals surface area contributed by atoms with Crippen LogP contribution in [0, 0.1) is 0 Å². The summed E-state index contributed by atoms with van der Waals surface area (Å²) in [6.45, 7) is 2.43. The summed E-state index contributed by atoms with van der Waals surface area (Å²) < 4.78 is 7.64. The van der Waals surface area contributed by atoms with Crippen molar-refractivity contribution in [2.24, 2.45) is 7.05 Å². The fourth-order valence-electron chi connectivity index (χ4n) is 3.36. The molecule has 4 aromatic rings. The largest absolute Gasteiger partial charge is 0.486 e. The zero-order valence-electron chi connectivity index (χ0n) is 18.5. The Morgan fingerprint density at radius 1 is 1.09 bits per heavy atom. The van der Waals surface area contributed by atoms with Crippen molar-refractivity contribution < 1.29 is 9.53 Å². The maximum Gasteiger partial charge on any atom is 0.255 e. The molecule has 0 aliphatic rings. The van der Waals surface area contributed by atoms with Gasteiger partial charge in [-0.05, 0) is 55.0 Å². The lowest BCUT2D eigenvalue weighted by molar-refractivity contribution is 0.102. The highest BCUT2D eigenvalue weighted by Crippen LogP contribution is 2.29. The van der Waals surface area contributed by atoms with Gasteiger partial charge in [0.2, 0.25) is 0 Å². The van der Waals surface area contributed by atoms with Crippen LogP contribution in [0.4, 0.5) is 11.4 Å². The summed E-state index contributed by atoms with van der Waals surface area (Å²) in [5.74, 6) is 1.27. The van der Waals surface area contributed by atoms with Gasteiger partial charge in [-0.25, -0.2) is 4.98 Å². The third-order valence-electron chi connectivity index (χ3n) is 5.30. The molecule has 7 heteroatoms. The standard InChI is InChI=1S/C26H25ClN4O2/c1-18(19-6-4-3-5-7-19)29-24-13-10-21(16-23(24)27)30-26(32)20-8-11-22(12-9-20)33-17-25-28-14-15-31(25)2/h3-16,18,29H,17H2,1-2H3,(H,30,32). The zero-order chi connectivity index (χ0) is 23.2. The lowest BCUT2D eigenvalue weighted by Gasteiger charge is -2.17. The van der Waals surface area contributed by atoms with Gasteiger partial charge in [-0.15, -0.1) is 0 Å². The van der Waals surface area contributed by atoms with Gasteiger partial charge >= 0.3 is 0 Å². The number of carbonyl (C=O) groups is 1. The van der Waals surface area contributed by atoms with Crippen molar-refractivity contribution in [1.29, 1.82) is 0 Å². The molecule has 0 spiro atoms. The Kier molecular flexibility index (Phi) is 6.95. The molecule has 0 radical (unpaired) electrons. The molecule has 0 fully saturated rings. The Morgan fingerprint density at radius 3 is 2.52 bits per heavy atom. The van der Waals surface area contributed by atoms with E-state index in [9.17, 15) is 4.79 Å². The lowest BCUT2D eigenvalue weighted by atomic mass is 10.1. The number of hydrogen-bond acceptors (Lipinski definition) is 4. The number of aromatic nitrogens is 2. The minimum atomic E-state index is -0.222. The van der Waals surface area contributed by atoms with Crippen molar-refractivity contribution in [3.8, 4) is 5.75 Å². The molecule has 6 nitrogen and oxygen atoms in total. The monoisotopic (exact) mass is 460 g/mol. The second kappa shape index (κ2) is 10.2. The summed E-state index contributed by atoms with van der Waals surface area (Å²) >= 11 is 6.46. The molecule has 1 heterocycles. The van der Waals surface area contributed by atoms with Gasteiger partial charge in [0.25, 0.3) is 5.91 Å². The van der Waals surface area contributed by atoms with E-state index in [0.717, 1.165) is 11.5 Å². The van der Waals surface area contributed by atoms with Crippen molar-refractivity contribution in [3.05, 3.63) is 107 Å². The minimum Gasteiger partial charge on any atom is -0.486 e. The molecule has 0 bridgehead atoms. The first kappa shape index (κ1) is 22.4. The van der Waals surface area contributed by atoms with Crippen LogP contribution in [0.2, 0.25) is 5.02 Å². The third kappa shape index (κ3) is 5.73. The van der Waals surface area contributed by atoms with Crippen molar-refractivity contribution in [3.63, 3.8) is 0 Å². The lowest BCUT2D eigenvalue weighted by Crippen LogP contribution is -2.12. The molecule has 2 N–H and O–H groups in total. The maximum atomic E-state index is 12.6. The first-order valence-corrected chi connectivity index (χ1v) is 11.0. The number of amides is 1. The summed E-state index contributed by atoms with van der Waals surface area (Å²) in [4.78, 5) is 16.9. The fourth-order valence-corrected chi connectivity index (χ4v) is 3.59. The second-order valence-corrected chi connectivity index (χ2v) is 8.10. The van der Waals surface area contributed by atoms with Gasteiger partial charge in [-0.1, -0.05) is 41.9 Å². The van der Waals surface area contributed by atoms with Crippen LogP contribution in [0.1, 0.15) is 34.7 Å². The van der Waals surface area contributed by atoms with Crippen molar-refractivity contribution in [2.75, 3.05) is 10.6 Å². The van der Waals surface area contributed by atoms with Crippen LogP contribution >= 0.6 is 11.6 Å². The van der Waals surface area contributed by atoms with E-state index in [1.165, 1.54) is 5.56 Å². The number of halogens is 1. The molecule has 1 amide bonds. The number of aryl methyl sites for hydroxylation is 1. The molecule has 168 valence electrons. The van der Waals surface area contributed by atoms with Gasteiger partial charge in [0.05, 0.1) is 10.7 Å². The highest BCUT2D eigenvalue weighted by atomic mass is 35.5. The molecule has 33 heavy (non-hydrogen) atoms. The smallest absolute Gasteiger partial charge is 0.255 e. The Bertz CT molecular complexity index is 1220. The topological polar surface area (TPSA) is 68.2 Å². The van der Waals surface area contributed by atoms with E-state index in [0.29, 0.717) is 28.6 Å². The van der Waals surface area contributed by atoms with Crippen LogP contribution in [0.15, 0.2) is 85.2 Å². The molecule has 3 aromatic carbocycles. The number of rotatable bonds is 8. The molecular formula is C26H25ClN4O2. The van der Waals surface area contributed by atoms with E-state index >= 15 is 0 Å². The van der Waals surface area contributed by atoms with E-state index in [4.69, 9.17) is 16.3 Å². The first-order valence-electron chi connectivity index (χ1n) is 10.6. The van der Waals surface area contributed by atoms with E-state index < -0.39 is 0 Å². The number of nitrogens with one attached hydrogen (secondary N) is 2. The van der Waals surface area contributed by atoms with E-state index in [1.807, 2.05) is 48.1 Å². The van der Waals surface area contributed by atoms with Crippen molar-refractivity contribution in [2.45, 2.75) is 19.6 Å². The Morgan fingerprint density at radius 2 is 1.85 bits per heavy atom. The molecule has 0 saturated heterocycles. The van der Waals surface area contributed by atoms with Crippen LogP contribution in [0.5, 0.6) is 5.75 Å². The average molecular weight is 461 g/mol. The Balaban J connectivity index is 1.35. The van der Waals surface area contributed by atoms with E-state index in [1.54, 1.807) is 36.5 Å². The van der Waals surface area contributed by atoms with E-state index in [2.05, 4.69) is 34.7 Å². The predicted octanol–water partition coefficient (Wildman–Crippen LogP) is 6.08. The van der Waals surface area contributed by atoms with Crippen LogP contribution < -0.4 is 15.4 Å². The molecule has 0 saturated carbocycles. The summed E-state index contributed by atoms with van der Waals surface area (Å²) in [7, 11) is 1.91. The van der Waals surface area contributed by atoms with Crippen molar-refractivity contribution in [1.82, 2.24) is 9.55 Å². The van der Waals surface area contributed by atoms with Crippen LogP contribution in [-0.2, 0) is 13.7 Å². The predicted molar refractivity (Wildman–Crippen MR) is 132 cm³/mol. The molecule has 1 atom stereocenters. The number of ether oxygens (including phenoxy) is 1. The van der Waals surface area contributed by atoms with Crippen LogP contribution in [-0.4, -0.2) is 15.5 Å². The number of hydrogen-bond donors (Lipinski definition) is 2. The van der Waals surface area contributed by atoms with Crippen LogP contribution in [0.3, 0.4) is 0 Å². The maximum absolute atomic E-state index is 12.6. The SMILES string of the molecule is CC(Nc1ccc(NC(=O)c2ccc(OCc3nccn3C)cc2)cc1Cl)c1ccccc1. The number of anilines is 2. The number of benzene rings is 3. The van der Waals surface area contributed by atoms with Crippen molar-refractivity contribution >= 4 is 28.9 Å². The third-order valence-corrected chi connectivity index (χ3v) is 5.62. The molecule has 4 rings (SSSR count). The Labute approximate surface area is 198 Å². The van der Waals surface area contributed by atoms with Gasteiger partial charge in [-0.2, -0.15) is 0 Å². The van der Waals surface area contributed by atoms with Gasteiger partial charge < -0.3 is 19.9 Å². The average Bonchev–Trinajstić information content (AvgIpc) is 3.25. The highest BCUT2D eigenvalue weighted by molar-refractivity contribution is 6.33. The number of nitrogens with zero attached hydrogens (tertiary/aromatic N) is 2. The normalized spacial score (nSPS) is 11.6. The first-order chi connectivity index (χ1) is 16.0. The van der Waals surface area contributed by atoms with Gasteiger partial charge in [0, 0.05) is 36.7 Å². The second-order valence-electron chi connectivity index (χ2n) is 7.69. The fraction of sp³-hybridized carbons (Fsp3) is 0.154. The summed E-state index contributed by atoms with van der Waals surface area (Å²) in [6, 6.07) is 22.6. The van der Waals surface area contributed by atoms with E-state index in [-0.39, 0.29) is 11.9 Å². The van der Waals surface area contributed by atoms with Crippen LogP contribution in [0.25, 0.3) is 0 Å². The molecule has 1 unspecified atom stereocenters. The van der Waals surface area contributed by atoms with Gasteiger partial charge in [-0.3, -0.25) is 4.79 Å². The molecule has 0 aliphatic heterocycles. The molecular weight excluding hydrogens is 436 g/mol. The molecule has 1 aromatic heterocycles. The summed E-state index contributed by atoms with van der Waals surface area (Å²) in [5.41, 5.74) is 3.12. The number of carbonyl (C=O) groups excluding carboxylic acids is 1.